The van der Waals surface area contributed by atoms with Gasteiger partial charge in [0.2, 0.25) is 23.3 Å². The van der Waals surface area contributed by atoms with Crippen LogP contribution in [0.1, 0.15) is 89.2 Å². The van der Waals surface area contributed by atoms with E-state index < -0.39 is 35.3 Å². The highest BCUT2D eigenvalue weighted by molar-refractivity contribution is 7.90. The van der Waals surface area contributed by atoms with Gasteiger partial charge in [-0.25, -0.2) is 23.2 Å². The van der Waals surface area contributed by atoms with Gasteiger partial charge in [0.15, 0.2) is 0 Å². The smallest absolute Gasteiger partial charge is 0.410 e. The minimum atomic E-state index is -3.77. The summed E-state index contributed by atoms with van der Waals surface area (Å²) in [5, 5.41) is 12.7. The lowest BCUT2D eigenvalue weighted by Crippen LogP contribution is -2.47. The van der Waals surface area contributed by atoms with Crippen LogP contribution in [-0.4, -0.2) is 62.6 Å². The fourth-order valence-electron chi connectivity index (χ4n) is 6.38. The number of rotatable bonds is 5. The lowest BCUT2D eigenvalue weighted by Gasteiger charge is -2.39. The first kappa shape index (κ1) is 34.8. The molecule has 1 amide bonds. The molecule has 47 heavy (non-hydrogen) atoms. The number of sulfone groups is 1. The first-order valence-corrected chi connectivity index (χ1v) is 21.2. The summed E-state index contributed by atoms with van der Waals surface area (Å²) < 4.78 is 38.2. The number of carbonyl (C=O) groups excluding carboxylic acids is 1. The minimum Gasteiger partial charge on any atom is -0.543 e. The number of piperidine rings is 1. The molecule has 0 N–H and O–H groups in total. The van der Waals surface area contributed by atoms with Crippen LogP contribution < -0.4 is 4.43 Å². The highest BCUT2D eigenvalue weighted by Crippen LogP contribution is 2.44. The molecule has 1 aromatic heterocycles. The van der Waals surface area contributed by atoms with E-state index in [1.165, 1.54) is 0 Å². The van der Waals surface area contributed by atoms with E-state index >= 15 is 0 Å². The van der Waals surface area contributed by atoms with E-state index in [1.54, 1.807) is 4.90 Å². The predicted octanol–water partition coefficient (Wildman–Crippen LogP) is 7.48. The highest BCUT2D eigenvalue weighted by atomic mass is 32.2. The number of aromatic nitrogens is 2. The number of amides is 1. The third kappa shape index (κ3) is 7.19. The second-order valence-corrected chi connectivity index (χ2v) is 22.4. The predicted molar refractivity (Wildman–Crippen MR) is 186 cm³/mol. The average molecular weight is 677 g/mol. The van der Waals surface area contributed by atoms with E-state index in [1.807, 2.05) is 32.9 Å². The van der Waals surface area contributed by atoms with Crippen LogP contribution in [0.15, 0.2) is 41.6 Å². The molecular formula is C36H48N4O5SSi. The summed E-state index contributed by atoms with van der Waals surface area (Å²) in [5.74, 6) is 0.925. The summed E-state index contributed by atoms with van der Waals surface area (Å²) in [6.07, 6.45) is 3.28. The highest BCUT2D eigenvalue weighted by Gasteiger charge is 2.44. The van der Waals surface area contributed by atoms with E-state index in [0.29, 0.717) is 50.2 Å². The van der Waals surface area contributed by atoms with Gasteiger partial charge in [0.25, 0.3) is 0 Å². The molecule has 0 bridgehead atoms. The fourth-order valence-corrected chi connectivity index (χ4v) is 7.92. The number of nitrogens with zero attached hydrogens (tertiary/aromatic N) is 4. The largest absolute Gasteiger partial charge is 0.543 e. The van der Waals surface area contributed by atoms with Gasteiger partial charge in [-0.15, -0.1) is 0 Å². The summed E-state index contributed by atoms with van der Waals surface area (Å²) in [7, 11) is -5.87. The van der Waals surface area contributed by atoms with Crippen LogP contribution in [0, 0.1) is 11.3 Å². The van der Waals surface area contributed by atoms with Crippen LogP contribution in [-0.2, 0) is 32.8 Å². The van der Waals surface area contributed by atoms with Gasteiger partial charge in [0.05, 0.1) is 11.8 Å². The number of benzene rings is 2. The zero-order chi connectivity index (χ0) is 34.6. The van der Waals surface area contributed by atoms with Gasteiger partial charge in [0.1, 0.15) is 16.8 Å². The zero-order valence-electron chi connectivity index (χ0n) is 29.2. The van der Waals surface area contributed by atoms with Gasteiger partial charge in [-0.05, 0) is 111 Å². The van der Waals surface area contributed by atoms with Gasteiger partial charge >= 0.3 is 6.09 Å². The normalized spacial score (nSPS) is 18.7. The summed E-state index contributed by atoms with van der Waals surface area (Å²) >= 11 is 0. The summed E-state index contributed by atoms with van der Waals surface area (Å²) in [6, 6.07) is 15.1. The Bertz CT molecular complexity index is 1850. The van der Waals surface area contributed by atoms with Crippen molar-refractivity contribution in [3.63, 3.8) is 0 Å². The Morgan fingerprint density at radius 1 is 1.06 bits per heavy atom. The van der Waals surface area contributed by atoms with Crippen molar-refractivity contribution in [1.29, 1.82) is 5.26 Å². The number of ether oxygens (including phenoxy) is 1. The van der Waals surface area contributed by atoms with Crippen molar-refractivity contribution >= 4 is 35.0 Å². The first-order valence-electron chi connectivity index (χ1n) is 16.4. The summed E-state index contributed by atoms with van der Waals surface area (Å²) in [4.78, 5) is 23.7. The van der Waals surface area contributed by atoms with Crippen LogP contribution >= 0.6 is 0 Å². The molecule has 5 rings (SSSR count). The molecule has 0 radical (unpaired) electrons. The SMILES string of the molecule is CC(C)(C)OC(=O)N1CCC(C#N)(c2nc(S(C)(=O)=O)nc3c2CCC(c2cc(O[Si](C)(C)C(C)(C)C)cc4ccccc24)C3)CC1. The van der Waals surface area contributed by atoms with Crippen molar-refractivity contribution in [2.75, 3.05) is 19.3 Å². The number of fused-ring (bicyclic) bond motifs is 2. The molecule has 3 aromatic rings. The Kier molecular flexibility index (Phi) is 9.03. The molecule has 2 heterocycles. The summed E-state index contributed by atoms with van der Waals surface area (Å²) in [6.45, 7) is 17.3. The number of nitriles is 1. The maximum absolute atomic E-state index is 12.9. The molecule has 1 atom stereocenters. The van der Waals surface area contributed by atoms with Gasteiger partial charge < -0.3 is 14.1 Å². The molecule has 9 nitrogen and oxygen atoms in total. The Labute approximate surface area is 280 Å². The molecule has 1 fully saturated rings. The van der Waals surface area contributed by atoms with Crippen LogP contribution in [0.25, 0.3) is 10.8 Å². The van der Waals surface area contributed by atoms with Crippen molar-refractivity contribution in [2.24, 2.45) is 0 Å². The number of likely N-dealkylation sites (tertiary alicyclic amines) is 1. The molecule has 0 saturated carbocycles. The van der Waals surface area contributed by atoms with Crippen LogP contribution in [0.4, 0.5) is 4.79 Å². The fraction of sp³-hybridized carbons (Fsp3) is 0.556. The Morgan fingerprint density at radius 3 is 2.32 bits per heavy atom. The maximum Gasteiger partial charge on any atom is 0.410 e. The van der Waals surface area contributed by atoms with Crippen LogP contribution in [0.3, 0.4) is 0 Å². The van der Waals surface area contributed by atoms with E-state index in [0.717, 1.165) is 40.3 Å². The van der Waals surface area contributed by atoms with Crippen molar-refractivity contribution in [3.05, 3.63) is 58.9 Å². The molecule has 1 aliphatic carbocycles. The van der Waals surface area contributed by atoms with E-state index in [-0.39, 0.29) is 16.1 Å². The lowest BCUT2D eigenvalue weighted by atomic mass is 9.72. The van der Waals surface area contributed by atoms with Crippen molar-refractivity contribution in [3.8, 4) is 11.8 Å². The lowest BCUT2D eigenvalue weighted by molar-refractivity contribution is 0.0183. The van der Waals surface area contributed by atoms with Crippen molar-refractivity contribution < 1.29 is 22.4 Å². The Hall–Kier alpha value is -3.49. The van der Waals surface area contributed by atoms with E-state index in [4.69, 9.17) is 9.16 Å². The molecule has 11 heteroatoms. The van der Waals surface area contributed by atoms with E-state index in [2.05, 4.69) is 74.2 Å². The molecule has 1 aliphatic heterocycles. The monoisotopic (exact) mass is 676 g/mol. The zero-order valence-corrected chi connectivity index (χ0v) is 31.0. The Morgan fingerprint density at radius 2 is 1.72 bits per heavy atom. The third-order valence-electron chi connectivity index (χ3n) is 10.0. The second-order valence-electron chi connectivity index (χ2n) is 15.7. The van der Waals surface area contributed by atoms with Gasteiger partial charge in [0, 0.05) is 25.0 Å². The molecule has 1 saturated heterocycles. The average Bonchev–Trinajstić information content (AvgIpc) is 2.97. The van der Waals surface area contributed by atoms with Crippen LogP contribution in [0.2, 0.25) is 18.1 Å². The maximum atomic E-state index is 12.9. The number of carbonyl (C=O) groups is 1. The van der Waals surface area contributed by atoms with Gasteiger partial charge in [-0.1, -0.05) is 45.0 Å². The second kappa shape index (κ2) is 12.2. The number of hydrogen-bond acceptors (Lipinski definition) is 8. The van der Waals surface area contributed by atoms with Crippen LogP contribution in [0.5, 0.6) is 5.75 Å². The topological polar surface area (TPSA) is 122 Å². The molecule has 1 unspecified atom stereocenters. The third-order valence-corrected chi connectivity index (χ3v) is 15.2. The molecule has 0 spiro atoms. The van der Waals surface area contributed by atoms with Crippen molar-refractivity contribution in [1.82, 2.24) is 14.9 Å². The summed E-state index contributed by atoms with van der Waals surface area (Å²) in [5.41, 5.74) is 1.52. The van der Waals surface area contributed by atoms with Crippen molar-refractivity contribution in [2.45, 2.75) is 114 Å². The molecule has 252 valence electrons. The first-order chi connectivity index (χ1) is 21.7. The Balaban J connectivity index is 1.54. The van der Waals surface area contributed by atoms with Gasteiger partial charge in [-0.3, -0.25) is 0 Å². The molecular weight excluding hydrogens is 629 g/mol. The quantitative estimate of drug-likeness (QED) is 0.201. The van der Waals surface area contributed by atoms with E-state index in [9.17, 15) is 18.5 Å². The molecule has 2 aromatic carbocycles. The number of hydrogen-bond donors (Lipinski definition) is 0. The standard InChI is InChI=1S/C36H48N4O5SSi/c1-34(2,3)44-33(41)40-18-16-36(23-37,17-19-40)31-28-15-14-25(21-30(28)38-32(39-31)46(7,42)43)29-22-26(45-47(8,9)35(4,5)6)20-24-12-10-11-13-27(24)29/h10-13,20,22,25H,14-19,21H2,1-9H3. The minimum absolute atomic E-state index is 0.0394. The van der Waals surface area contributed by atoms with Gasteiger partial charge in [-0.2, -0.15) is 5.26 Å². The molecule has 2 aliphatic rings.